The second-order valence-electron chi connectivity index (χ2n) is 8.67. The average Bonchev–Trinajstić information content (AvgIpc) is 2.91. The molecule has 0 aromatic heterocycles. The summed E-state index contributed by atoms with van der Waals surface area (Å²) < 4.78 is 19.8. The lowest BCUT2D eigenvalue weighted by Crippen LogP contribution is -2.38. The predicted octanol–water partition coefficient (Wildman–Crippen LogP) is 5.91. The molecule has 0 radical (unpaired) electrons. The van der Waals surface area contributed by atoms with E-state index in [1.807, 2.05) is 60.7 Å². The maximum atomic E-state index is 14.2. The molecular weight excluding hydrogens is 455 g/mol. The van der Waals surface area contributed by atoms with E-state index in [1.54, 1.807) is 36.4 Å². The van der Waals surface area contributed by atoms with Gasteiger partial charge in [0.1, 0.15) is 11.6 Å². The van der Waals surface area contributed by atoms with E-state index in [4.69, 9.17) is 4.74 Å². The standard InChI is InChI=1S/C30H25FN2O3/c31-26-14-8-7-13-23(26)19-33-27-16-15-24(17-28(27)36-20-30(33)35)32-29(34)18-25(21-9-3-1-4-10-21)22-11-5-2-6-12-22/h1-17,25H,18-20H2,(H,32,34). The molecule has 0 saturated heterocycles. The summed E-state index contributed by atoms with van der Waals surface area (Å²) in [5.74, 6) is -0.381. The smallest absolute Gasteiger partial charge is 0.265 e. The van der Waals surface area contributed by atoms with Gasteiger partial charge in [-0.1, -0.05) is 78.9 Å². The van der Waals surface area contributed by atoms with Crippen molar-refractivity contribution >= 4 is 23.2 Å². The molecule has 4 aromatic rings. The Morgan fingerprint density at radius 3 is 2.19 bits per heavy atom. The number of amides is 2. The molecule has 0 atom stereocenters. The highest BCUT2D eigenvalue weighted by molar-refractivity contribution is 5.99. The van der Waals surface area contributed by atoms with E-state index in [2.05, 4.69) is 5.32 Å². The highest BCUT2D eigenvalue weighted by Gasteiger charge is 2.27. The van der Waals surface area contributed by atoms with Crippen LogP contribution in [0, 0.1) is 5.82 Å². The van der Waals surface area contributed by atoms with Gasteiger partial charge in [-0.2, -0.15) is 0 Å². The van der Waals surface area contributed by atoms with E-state index < -0.39 is 0 Å². The van der Waals surface area contributed by atoms with Gasteiger partial charge in [-0.15, -0.1) is 0 Å². The van der Waals surface area contributed by atoms with E-state index in [0.29, 0.717) is 22.7 Å². The van der Waals surface area contributed by atoms with Gasteiger partial charge in [-0.25, -0.2) is 4.39 Å². The number of nitrogens with one attached hydrogen (secondary N) is 1. The molecular formula is C30H25FN2O3. The molecule has 0 spiro atoms. The van der Waals surface area contributed by atoms with Crippen molar-refractivity contribution in [3.63, 3.8) is 0 Å². The summed E-state index contributed by atoms with van der Waals surface area (Å²) in [6.45, 7) is -0.0493. The number of hydrogen-bond donors (Lipinski definition) is 1. The molecule has 1 heterocycles. The molecule has 1 N–H and O–H groups in total. The number of fused-ring (bicyclic) bond motifs is 1. The van der Waals surface area contributed by atoms with E-state index in [0.717, 1.165) is 11.1 Å². The molecule has 5 rings (SSSR count). The number of nitrogens with zero attached hydrogens (tertiary/aromatic N) is 1. The summed E-state index contributed by atoms with van der Waals surface area (Å²) in [5, 5.41) is 2.96. The first-order valence-electron chi connectivity index (χ1n) is 11.8. The van der Waals surface area contributed by atoms with Crippen LogP contribution in [-0.4, -0.2) is 18.4 Å². The molecule has 4 aromatic carbocycles. The SMILES string of the molecule is O=C(CC(c1ccccc1)c1ccccc1)Nc1ccc2c(c1)OCC(=O)N2Cc1ccccc1F. The van der Waals surface area contributed by atoms with E-state index in [-0.39, 0.29) is 43.1 Å². The number of benzene rings is 4. The zero-order chi connectivity index (χ0) is 24.9. The number of hydrogen-bond acceptors (Lipinski definition) is 3. The molecule has 0 fully saturated rings. The van der Waals surface area contributed by atoms with Crippen LogP contribution in [0.1, 0.15) is 29.0 Å². The maximum absolute atomic E-state index is 14.2. The van der Waals surface area contributed by atoms with Gasteiger partial charge < -0.3 is 15.0 Å². The molecule has 0 aliphatic carbocycles. The fourth-order valence-corrected chi connectivity index (χ4v) is 4.45. The van der Waals surface area contributed by atoms with Crippen molar-refractivity contribution in [2.24, 2.45) is 0 Å². The van der Waals surface area contributed by atoms with Crippen molar-refractivity contribution in [3.05, 3.63) is 126 Å². The highest BCUT2D eigenvalue weighted by Crippen LogP contribution is 2.36. The quantitative estimate of drug-likeness (QED) is 0.358. The van der Waals surface area contributed by atoms with Gasteiger partial charge in [0.05, 0.1) is 12.2 Å². The summed E-state index contributed by atoms with van der Waals surface area (Å²) in [7, 11) is 0. The van der Waals surface area contributed by atoms with Crippen LogP contribution in [-0.2, 0) is 16.1 Å². The third-order valence-corrected chi connectivity index (χ3v) is 6.27. The second kappa shape index (κ2) is 10.4. The van der Waals surface area contributed by atoms with Gasteiger partial charge in [0.2, 0.25) is 5.91 Å². The zero-order valence-corrected chi connectivity index (χ0v) is 19.6. The molecule has 1 aliphatic heterocycles. The van der Waals surface area contributed by atoms with Gasteiger partial charge >= 0.3 is 0 Å². The minimum atomic E-state index is -0.367. The van der Waals surface area contributed by atoms with Crippen molar-refractivity contribution in [1.29, 1.82) is 0 Å². The molecule has 5 nitrogen and oxygen atoms in total. The molecule has 36 heavy (non-hydrogen) atoms. The first-order chi connectivity index (χ1) is 17.6. The lowest BCUT2D eigenvalue weighted by molar-refractivity contribution is -0.121. The molecule has 180 valence electrons. The Hall–Kier alpha value is -4.45. The summed E-state index contributed by atoms with van der Waals surface area (Å²) in [6.07, 6.45) is 0.268. The first kappa shape index (κ1) is 23.3. The normalized spacial score (nSPS) is 12.7. The summed E-state index contributed by atoms with van der Waals surface area (Å²) >= 11 is 0. The Bertz CT molecular complexity index is 1340. The van der Waals surface area contributed by atoms with Crippen LogP contribution >= 0.6 is 0 Å². The molecule has 2 amide bonds. The Morgan fingerprint density at radius 2 is 1.53 bits per heavy atom. The fourth-order valence-electron chi connectivity index (χ4n) is 4.45. The van der Waals surface area contributed by atoms with E-state index in [9.17, 15) is 14.0 Å². The number of carbonyl (C=O) groups is 2. The van der Waals surface area contributed by atoms with Crippen LogP contribution in [0.3, 0.4) is 0 Å². The lowest BCUT2D eigenvalue weighted by Gasteiger charge is -2.30. The predicted molar refractivity (Wildman–Crippen MR) is 138 cm³/mol. The number of anilines is 2. The number of ether oxygens (including phenoxy) is 1. The lowest BCUT2D eigenvalue weighted by atomic mass is 9.88. The minimum absolute atomic E-state index is 0.0878. The van der Waals surface area contributed by atoms with Gasteiger partial charge in [0, 0.05) is 29.7 Å². The molecule has 0 saturated carbocycles. The highest BCUT2D eigenvalue weighted by atomic mass is 19.1. The summed E-state index contributed by atoms with van der Waals surface area (Å²) in [4.78, 5) is 27.1. The maximum Gasteiger partial charge on any atom is 0.265 e. The fraction of sp³-hybridized carbons (Fsp3) is 0.133. The zero-order valence-electron chi connectivity index (χ0n) is 19.6. The van der Waals surface area contributed by atoms with Crippen LogP contribution in [0.25, 0.3) is 0 Å². The Labute approximate surface area is 209 Å². The Balaban J connectivity index is 1.34. The van der Waals surface area contributed by atoms with Crippen LogP contribution in [0.2, 0.25) is 0 Å². The van der Waals surface area contributed by atoms with Crippen molar-refractivity contribution in [2.45, 2.75) is 18.9 Å². The van der Waals surface area contributed by atoms with E-state index in [1.165, 1.54) is 11.0 Å². The third kappa shape index (κ3) is 5.13. The average molecular weight is 481 g/mol. The second-order valence-corrected chi connectivity index (χ2v) is 8.67. The van der Waals surface area contributed by atoms with Crippen molar-refractivity contribution in [1.82, 2.24) is 0 Å². The van der Waals surface area contributed by atoms with Crippen molar-refractivity contribution in [3.8, 4) is 5.75 Å². The van der Waals surface area contributed by atoms with Crippen LogP contribution in [0.5, 0.6) is 5.75 Å². The summed E-state index contributed by atoms with van der Waals surface area (Å²) in [5.41, 5.74) is 3.66. The van der Waals surface area contributed by atoms with Crippen LogP contribution in [0.15, 0.2) is 103 Å². The molecule has 0 bridgehead atoms. The summed E-state index contributed by atoms with van der Waals surface area (Å²) in [6, 6.07) is 31.4. The van der Waals surface area contributed by atoms with Gasteiger partial charge in [-0.05, 0) is 29.3 Å². The molecule has 0 unspecified atom stereocenters. The monoisotopic (exact) mass is 480 g/mol. The van der Waals surface area contributed by atoms with E-state index >= 15 is 0 Å². The largest absolute Gasteiger partial charge is 0.481 e. The number of halogens is 1. The van der Waals surface area contributed by atoms with Crippen LogP contribution < -0.4 is 15.0 Å². The van der Waals surface area contributed by atoms with Crippen molar-refractivity contribution in [2.75, 3.05) is 16.8 Å². The van der Waals surface area contributed by atoms with Crippen molar-refractivity contribution < 1.29 is 18.7 Å². The third-order valence-electron chi connectivity index (χ3n) is 6.27. The topological polar surface area (TPSA) is 58.6 Å². The van der Waals surface area contributed by atoms with Gasteiger partial charge in [0.15, 0.2) is 6.61 Å². The molecule has 6 heteroatoms. The van der Waals surface area contributed by atoms with Gasteiger partial charge in [0.25, 0.3) is 5.91 Å². The Kier molecular flexibility index (Phi) is 6.76. The first-order valence-corrected chi connectivity index (χ1v) is 11.8. The van der Waals surface area contributed by atoms with Crippen LogP contribution in [0.4, 0.5) is 15.8 Å². The number of rotatable bonds is 7. The molecule has 1 aliphatic rings. The number of carbonyl (C=O) groups excluding carboxylic acids is 2. The minimum Gasteiger partial charge on any atom is -0.481 e. The van der Waals surface area contributed by atoms with Gasteiger partial charge in [-0.3, -0.25) is 9.59 Å². The Morgan fingerprint density at radius 1 is 0.889 bits per heavy atom.